The number of hydrogen-bond donors (Lipinski definition) is 3. The molecule has 19 heavy (non-hydrogen) atoms. The highest BCUT2D eigenvalue weighted by Gasteiger charge is 2.18. The molecule has 0 aliphatic heterocycles. The van der Waals surface area contributed by atoms with Crippen LogP contribution in [0.5, 0.6) is 0 Å². The Morgan fingerprint density at radius 2 is 2.26 bits per heavy atom. The summed E-state index contributed by atoms with van der Waals surface area (Å²) in [4.78, 5) is 20.6. The van der Waals surface area contributed by atoms with Gasteiger partial charge in [-0.05, 0) is 4.57 Å². The number of hydrogen-bond acceptors (Lipinski definition) is 7. The summed E-state index contributed by atoms with van der Waals surface area (Å²) in [7, 11) is -2.40. The van der Waals surface area contributed by atoms with Crippen LogP contribution in [0, 0.1) is 0 Å². The topological polar surface area (TPSA) is 136 Å². The largest absolute Gasteiger partial charge is 0.534 e. The van der Waals surface area contributed by atoms with E-state index >= 15 is 0 Å². The second-order valence-corrected chi connectivity index (χ2v) is 4.74. The number of nitrogen functional groups attached to an aromatic ring is 1. The molecular weight excluding hydrogens is 273 g/mol. The molecule has 2 heterocycles. The van der Waals surface area contributed by atoms with Crippen LogP contribution in [0.3, 0.4) is 0 Å². The number of aromatic nitrogens is 4. The molecule has 0 fully saturated rings. The fraction of sp³-hybridized carbons (Fsp3) is 0.444. The highest BCUT2D eigenvalue weighted by Crippen LogP contribution is 2.17. The molecule has 0 aliphatic rings. The number of nitrogens with zero attached hydrogens (tertiary/aromatic N) is 4. The maximum atomic E-state index is 10.6. The monoisotopic (exact) mass is 286 g/mol. The molecule has 102 valence electrons. The van der Waals surface area contributed by atoms with Gasteiger partial charge in [-0.3, -0.25) is 0 Å². The third-order valence-corrected chi connectivity index (χ3v) is 2.82. The van der Waals surface area contributed by atoms with E-state index < -0.39 is 14.1 Å². The van der Waals surface area contributed by atoms with Crippen molar-refractivity contribution in [1.29, 1.82) is 0 Å². The van der Waals surface area contributed by atoms with Crippen molar-refractivity contribution in [2.75, 3.05) is 18.7 Å². The van der Waals surface area contributed by atoms with Gasteiger partial charge in [-0.2, -0.15) is 4.89 Å². The van der Waals surface area contributed by atoms with Gasteiger partial charge in [-0.25, -0.2) is 15.0 Å². The van der Waals surface area contributed by atoms with Crippen LogP contribution in [0.15, 0.2) is 12.7 Å². The first-order valence-corrected chi connectivity index (χ1v) is 6.79. The van der Waals surface area contributed by atoms with E-state index in [1.54, 1.807) is 4.57 Å². The van der Waals surface area contributed by atoms with Crippen molar-refractivity contribution in [2.45, 2.75) is 12.6 Å². The minimum absolute atomic E-state index is 0.243. The number of rotatable bonds is 6. The average Bonchev–Trinajstić information content (AvgIpc) is 2.79. The van der Waals surface area contributed by atoms with Crippen molar-refractivity contribution < 1.29 is 19.3 Å². The molecule has 2 atom stereocenters. The van der Waals surface area contributed by atoms with Crippen LogP contribution in [0.25, 0.3) is 11.2 Å². The van der Waals surface area contributed by atoms with Crippen molar-refractivity contribution in [3.63, 3.8) is 0 Å². The Labute approximate surface area is 108 Å². The van der Waals surface area contributed by atoms with Crippen LogP contribution in [0.4, 0.5) is 5.82 Å². The van der Waals surface area contributed by atoms with Gasteiger partial charge in [-0.15, -0.1) is 0 Å². The maximum Gasteiger partial charge on any atom is 0.534 e. The minimum atomic E-state index is -2.40. The molecule has 0 amide bonds. The van der Waals surface area contributed by atoms with Crippen molar-refractivity contribution in [3.05, 3.63) is 12.7 Å². The van der Waals surface area contributed by atoms with Gasteiger partial charge in [0.2, 0.25) is 0 Å². The highest BCUT2D eigenvalue weighted by molar-refractivity contribution is 7.37. The molecule has 10 heteroatoms. The molecule has 0 aliphatic carbocycles. The molecule has 0 aromatic carbocycles. The molecule has 2 aromatic rings. The lowest BCUT2D eigenvalue weighted by molar-refractivity contribution is 0.0250. The number of ether oxygens (including phenoxy) is 1. The fourth-order valence-corrected chi connectivity index (χ4v) is 1.92. The van der Waals surface area contributed by atoms with Gasteiger partial charge in [0.05, 0.1) is 19.5 Å². The Morgan fingerprint density at radius 3 is 2.95 bits per heavy atom. The second-order valence-electron chi connectivity index (χ2n) is 3.78. The van der Waals surface area contributed by atoms with E-state index in [1.165, 1.54) is 12.7 Å². The smallest absolute Gasteiger partial charge is 0.394 e. The first-order valence-electron chi connectivity index (χ1n) is 5.39. The molecule has 2 aromatic heterocycles. The van der Waals surface area contributed by atoms with E-state index in [9.17, 15) is 9.67 Å². The lowest BCUT2D eigenvalue weighted by atomic mass is 10.3. The normalized spacial score (nSPS) is 13.7. The summed E-state index contributed by atoms with van der Waals surface area (Å²) < 4.78 is 17.3. The van der Waals surface area contributed by atoms with Crippen molar-refractivity contribution in [2.24, 2.45) is 0 Å². The van der Waals surface area contributed by atoms with E-state index in [1.807, 2.05) is 0 Å². The molecule has 0 saturated carbocycles. The Hall–Kier alpha value is -1.67. The minimum Gasteiger partial charge on any atom is -0.394 e. The molecule has 2 rings (SSSR count). The predicted octanol–water partition coefficient (Wildman–Crippen LogP) is -0.522. The van der Waals surface area contributed by atoms with Crippen molar-refractivity contribution >= 4 is 25.0 Å². The summed E-state index contributed by atoms with van der Waals surface area (Å²) in [5.74, 6) is 0.267. The summed E-state index contributed by atoms with van der Waals surface area (Å²) in [6.45, 7) is -0.0456. The molecule has 4 N–H and O–H groups in total. The highest BCUT2D eigenvalue weighted by atomic mass is 31.1. The zero-order valence-electron chi connectivity index (χ0n) is 9.88. The number of aliphatic hydroxyl groups excluding tert-OH is 1. The number of fused-ring (bicyclic) bond motifs is 1. The Bertz CT molecular complexity index is 589. The second kappa shape index (κ2) is 5.98. The van der Waals surface area contributed by atoms with Gasteiger partial charge >= 0.3 is 8.03 Å². The lowest BCUT2D eigenvalue weighted by Gasteiger charge is -2.12. The Morgan fingerprint density at radius 1 is 1.47 bits per heavy atom. The van der Waals surface area contributed by atoms with E-state index in [0.29, 0.717) is 11.2 Å². The molecule has 0 bridgehead atoms. The average molecular weight is 286 g/mol. The van der Waals surface area contributed by atoms with E-state index in [4.69, 9.17) is 15.4 Å². The summed E-state index contributed by atoms with van der Waals surface area (Å²) in [5, 5.41) is 9.17. The third kappa shape index (κ3) is 3.21. The van der Waals surface area contributed by atoms with Crippen LogP contribution >= 0.6 is 8.03 Å². The lowest BCUT2D eigenvalue weighted by Crippen LogP contribution is -2.23. The van der Waals surface area contributed by atoms with Crippen LogP contribution in [-0.4, -0.2) is 48.6 Å². The van der Waals surface area contributed by atoms with E-state index in [2.05, 4.69) is 15.0 Å². The van der Waals surface area contributed by atoms with Crippen LogP contribution < -0.4 is 5.73 Å². The van der Waals surface area contributed by atoms with E-state index in [0.717, 1.165) is 0 Å². The third-order valence-electron chi connectivity index (χ3n) is 2.45. The van der Waals surface area contributed by atoms with Gasteiger partial charge < -0.3 is 20.1 Å². The molecule has 0 spiro atoms. The molecule has 0 radical (unpaired) electrons. The summed E-state index contributed by atoms with van der Waals surface area (Å²) in [5.41, 5.74) is 6.63. The van der Waals surface area contributed by atoms with E-state index in [-0.39, 0.29) is 25.3 Å². The number of aliphatic hydroxyl groups is 1. The fourth-order valence-electron chi connectivity index (χ4n) is 1.58. The summed E-state index contributed by atoms with van der Waals surface area (Å²) >= 11 is 0. The first kappa shape index (κ1) is 13.8. The SMILES string of the molecule is Nc1ncnc2c1ncn2CC(CO)OC[P+](=O)O. The standard InChI is InChI=1S/C9H12N5O4P/c10-8-7-9(12-3-11-8)14(4-13-7)1-6(2-15)18-5-19(16)17/h3-4,6,15H,1-2,5H2,(H2-,10,11,12,16,17)/p+1. The van der Waals surface area contributed by atoms with Crippen molar-refractivity contribution in [1.82, 2.24) is 19.5 Å². The Balaban J connectivity index is 2.15. The molecule has 9 nitrogen and oxygen atoms in total. The number of nitrogens with two attached hydrogens (primary N) is 1. The van der Waals surface area contributed by atoms with Crippen molar-refractivity contribution in [3.8, 4) is 0 Å². The van der Waals surface area contributed by atoms with Gasteiger partial charge in [-0.1, -0.05) is 0 Å². The zero-order valence-corrected chi connectivity index (χ0v) is 10.8. The predicted molar refractivity (Wildman–Crippen MR) is 66.4 cm³/mol. The number of anilines is 1. The van der Waals surface area contributed by atoms with Crippen LogP contribution in [0.2, 0.25) is 0 Å². The first-order chi connectivity index (χ1) is 9.11. The quantitative estimate of drug-likeness (QED) is 0.603. The molecular formula is C9H13N5O4P+. The van der Waals surface area contributed by atoms with Gasteiger partial charge in [0.15, 0.2) is 11.5 Å². The summed E-state index contributed by atoms with van der Waals surface area (Å²) in [6.07, 6.45) is 1.86. The zero-order chi connectivity index (χ0) is 13.8. The van der Waals surface area contributed by atoms with Crippen LogP contribution in [-0.2, 0) is 15.8 Å². The number of imidazole rings is 1. The molecule has 2 unspecified atom stereocenters. The van der Waals surface area contributed by atoms with Gasteiger partial charge in [0.1, 0.15) is 17.9 Å². The van der Waals surface area contributed by atoms with Gasteiger partial charge in [0.25, 0.3) is 6.35 Å². The van der Waals surface area contributed by atoms with Crippen LogP contribution in [0.1, 0.15) is 0 Å². The summed E-state index contributed by atoms with van der Waals surface area (Å²) in [6, 6.07) is 0. The Kier molecular flexibility index (Phi) is 4.33. The molecule has 0 saturated heterocycles. The van der Waals surface area contributed by atoms with Gasteiger partial charge in [0, 0.05) is 0 Å². The maximum absolute atomic E-state index is 10.6.